The molecule has 1 fully saturated rings. The van der Waals surface area contributed by atoms with Gasteiger partial charge in [0.15, 0.2) is 0 Å². The van der Waals surface area contributed by atoms with Crippen molar-refractivity contribution in [1.82, 2.24) is 49.6 Å². The van der Waals surface area contributed by atoms with Gasteiger partial charge in [-0.15, -0.1) is 0 Å². The van der Waals surface area contributed by atoms with Gasteiger partial charge in [-0.2, -0.15) is 0 Å². The fraction of sp³-hybridized carbons (Fsp3) is 0.488. The molecule has 5 atom stereocenters. The maximum absolute atomic E-state index is 15.0. The molecule has 22 heteroatoms. The third-order valence-corrected chi connectivity index (χ3v) is 19.0. The summed E-state index contributed by atoms with van der Waals surface area (Å²) < 4.78 is 13.9. The van der Waals surface area contributed by atoms with E-state index in [0.717, 1.165) is 43.5 Å². The summed E-state index contributed by atoms with van der Waals surface area (Å²) in [5.74, 6) is -4.83. The van der Waals surface area contributed by atoms with E-state index >= 15 is 4.79 Å². The Morgan fingerprint density at radius 2 is 1.02 bits per heavy atom. The number of unbranched alkanes of at least 4 members (excludes halogenated alkanes) is 1. The third-order valence-electron chi connectivity index (χ3n) is 18.4. The number of hydrogen-bond donors (Lipinski definition) is 3. The number of hydrogen-bond acceptors (Lipinski definition) is 13. The van der Waals surface area contributed by atoms with Crippen LogP contribution in [0.1, 0.15) is 124 Å². The average molecular weight is 1520 g/mol. The van der Waals surface area contributed by atoms with E-state index in [1.165, 1.54) is 20.3 Å². The van der Waals surface area contributed by atoms with Crippen molar-refractivity contribution >= 4 is 63.2 Å². The molecule has 6 rings (SSSR count). The molecule has 574 valence electrons. The minimum Gasteiger partial charge on any atom is -0.464 e. The number of rotatable bonds is 46. The maximum Gasteiger partial charge on any atom is 0.328 e. The molecular formula is C84H116BrN11O10. The predicted molar refractivity (Wildman–Crippen MR) is 421 cm³/mol. The number of ether oxygens (including phenoxy) is 2. The molecule has 4 N–H and O–H groups in total. The van der Waals surface area contributed by atoms with E-state index in [4.69, 9.17) is 15.2 Å². The smallest absolute Gasteiger partial charge is 0.328 e. The number of aryl methyl sites for hydroxylation is 1. The van der Waals surface area contributed by atoms with Crippen LogP contribution in [0.5, 0.6) is 0 Å². The summed E-state index contributed by atoms with van der Waals surface area (Å²) in [7, 11) is 0. The number of halogens is 1. The number of imidazole rings is 1. The third kappa shape index (κ3) is 31.3. The molecule has 1 saturated heterocycles. The molecule has 0 radical (unpaired) electrons. The number of nitrogens with zero attached hydrogens (tertiary/aromatic N) is 8. The number of carbonyl (C=O) groups excluding carboxylic acids is 8. The number of carbonyl (C=O) groups is 8. The van der Waals surface area contributed by atoms with Gasteiger partial charge in [-0.25, -0.2) is 9.78 Å². The van der Waals surface area contributed by atoms with Crippen LogP contribution in [0.3, 0.4) is 0 Å². The Morgan fingerprint density at radius 3 is 1.52 bits per heavy atom. The number of nitrogens with one attached hydrogen (secondary N) is 2. The molecule has 1 aliphatic heterocycles. The van der Waals surface area contributed by atoms with Crippen LogP contribution >= 0.6 is 15.9 Å². The van der Waals surface area contributed by atoms with Crippen molar-refractivity contribution in [2.45, 2.75) is 146 Å². The van der Waals surface area contributed by atoms with Gasteiger partial charge in [-0.05, 0) is 121 Å². The number of benzene rings is 4. The van der Waals surface area contributed by atoms with Gasteiger partial charge in [0.25, 0.3) is 0 Å². The molecule has 2 heterocycles. The molecule has 4 aromatic carbocycles. The number of nitrogens with two attached hydrogens (primary N) is 1. The summed E-state index contributed by atoms with van der Waals surface area (Å²) in [6.45, 7) is 23.5. The number of amides is 7. The van der Waals surface area contributed by atoms with Crippen LogP contribution in [0.15, 0.2) is 185 Å². The normalized spacial score (nSPS) is 14.6. The van der Waals surface area contributed by atoms with Crippen LogP contribution in [0.2, 0.25) is 0 Å². The fourth-order valence-corrected chi connectivity index (χ4v) is 13.2. The van der Waals surface area contributed by atoms with Crippen LogP contribution in [-0.4, -0.2) is 197 Å². The SMILES string of the molecule is C/C(=C\[C@H](C)C(=O)N(CCc1ccccc1)C/C(C)=C/[C@@H](C)C(=O)N(CCCn1ccnc1)C/C(C)=C/[C@H](C)C(=O)N(C/C(C)=C/[C@@H](C)C(=O)N(CCc1ccccc1)CC(=O)N(CCCOC(C)C)CC(=O)N(CCCCN)CC(=O)NC1CCOC1=O)Cc1ccccc1)CNCc1ccc(Br)cc1. The first kappa shape index (κ1) is 86.1. The molecule has 0 spiro atoms. The topological polar surface area (TPSA) is 242 Å². The van der Waals surface area contributed by atoms with E-state index in [1.54, 1.807) is 24.3 Å². The summed E-state index contributed by atoms with van der Waals surface area (Å²) in [5.41, 5.74) is 13.5. The summed E-state index contributed by atoms with van der Waals surface area (Å²) >= 11 is 3.51. The van der Waals surface area contributed by atoms with Gasteiger partial charge < -0.3 is 59.8 Å². The lowest BCUT2D eigenvalue weighted by Crippen LogP contribution is -2.51. The largest absolute Gasteiger partial charge is 0.464 e. The van der Waals surface area contributed by atoms with Crippen molar-refractivity contribution < 1.29 is 47.8 Å². The standard InChI is InChI=1S/C84H116BrN11O10/c1-62(2)105-46-23-42-92(59-78(98)91(40-21-20-37-86)58-77(97)89-76-36-47-106-84(76)104)79(99)60-95(44-35-72-26-16-12-17-27-72)82(102)69(9)51-66(6)56-96(57-74-28-18-13-19-29-74)83(103)70(10)50-64(4)54-93(41-22-39-90-45-38-87-61-90)80(100)68(8)49-65(5)55-94(43-34-71-24-14-11-15-25-71)81(101)67(7)48-63(3)52-88-53-73-30-32-75(85)33-31-73/h11-19,24-33,38,45,48-51,61-62,67-70,76,88H,20-23,34-37,39-44,46-47,52-60,86H2,1-10H3,(H,89,97)/b63-48+,64-50+,65-49+,66-51+/t67-,68+,69+,70-,76?/m0/s1. The summed E-state index contributed by atoms with van der Waals surface area (Å²) in [5, 5.41) is 6.19. The molecule has 106 heavy (non-hydrogen) atoms. The van der Waals surface area contributed by atoms with Crippen LogP contribution in [0.25, 0.3) is 0 Å². The van der Waals surface area contributed by atoms with Crippen LogP contribution in [0, 0.1) is 23.7 Å². The van der Waals surface area contributed by atoms with Gasteiger partial charge in [0.1, 0.15) is 6.04 Å². The Labute approximate surface area is 638 Å². The van der Waals surface area contributed by atoms with Crippen molar-refractivity contribution in [3.05, 3.63) is 207 Å². The Balaban J connectivity index is 1.19. The lowest BCUT2D eigenvalue weighted by molar-refractivity contribution is -0.146. The minimum absolute atomic E-state index is 0.00844. The first-order valence-corrected chi connectivity index (χ1v) is 38.4. The zero-order valence-corrected chi connectivity index (χ0v) is 65.9. The molecule has 7 amide bonds. The van der Waals surface area contributed by atoms with Crippen molar-refractivity contribution in [3.63, 3.8) is 0 Å². The van der Waals surface area contributed by atoms with Crippen molar-refractivity contribution in [2.24, 2.45) is 29.4 Å². The van der Waals surface area contributed by atoms with Gasteiger partial charge in [-0.1, -0.05) is 193 Å². The van der Waals surface area contributed by atoms with E-state index in [9.17, 15) is 33.6 Å². The highest BCUT2D eigenvalue weighted by Crippen LogP contribution is 2.21. The molecule has 0 bridgehead atoms. The highest BCUT2D eigenvalue weighted by molar-refractivity contribution is 9.10. The molecule has 21 nitrogen and oxygen atoms in total. The van der Waals surface area contributed by atoms with Crippen LogP contribution in [-0.2, 0) is 80.3 Å². The highest BCUT2D eigenvalue weighted by atomic mass is 79.9. The average Bonchev–Trinajstić information content (AvgIpc) is 1.04. The Hall–Kier alpha value is -8.83. The first-order chi connectivity index (χ1) is 50.8. The number of cyclic esters (lactones) is 1. The van der Waals surface area contributed by atoms with E-state index in [0.29, 0.717) is 97.4 Å². The molecule has 1 aliphatic rings. The lowest BCUT2D eigenvalue weighted by Gasteiger charge is -2.31. The molecule has 1 aromatic heterocycles. The predicted octanol–water partition coefficient (Wildman–Crippen LogP) is 10.8. The zero-order valence-electron chi connectivity index (χ0n) is 64.3. The summed E-state index contributed by atoms with van der Waals surface area (Å²) in [4.78, 5) is 128. The van der Waals surface area contributed by atoms with E-state index in [2.05, 4.69) is 55.8 Å². The lowest BCUT2D eigenvalue weighted by atomic mass is 10.0. The van der Waals surface area contributed by atoms with Crippen molar-refractivity contribution in [3.8, 4) is 0 Å². The van der Waals surface area contributed by atoms with Crippen LogP contribution in [0.4, 0.5) is 0 Å². The second kappa shape index (κ2) is 46.3. The second-order valence-corrected chi connectivity index (χ2v) is 29.4. The van der Waals surface area contributed by atoms with Gasteiger partial charge in [0.2, 0.25) is 41.4 Å². The van der Waals surface area contributed by atoms with Gasteiger partial charge in [0.05, 0.1) is 62.3 Å². The summed E-state index contributed by atoms with van der Waals surface area (Å²) in [6, 6.07) is 36.9. The zero-order chi connectivity index (χ0) is 76.9. The van der Waals surface area contributed by atoms with E-state index < -0.39 is 47.5 Å². The van der Waals surface area contributed by atoms with Crippen molar-refractivity contribution in [2.75, 3.05) is 98.3 Å². The Bertz CT molecular complexity index is 3680. The number of esters is 1. The van der Waals surface area contributed by atoms with Gasteiger partial charge in [0, 0.05) is 108 Å². The number of aromatic nitrogens is 2. The van der Waals surface area contributed by atoms with Crippen molar-refractivity contribution in [1.29, 1.82) is 0 Å². The first-order valence-electron chi connectivity index (χ1n) is 37.6. The Morgan fingerprint density at radius 1 is 0.557 bits per heavy atom. The molecule has 0 saturated carbocycles. The molecule has 0 aliphatic carbocycles. The quantitative estimate of drug-likeness (QED) is 0.0187. The highest BCUT2D eigenvalue weighted by Gasteiger charge is 2.32. The van der Waals surface area contributed by atoms with E-state index in [1.807, 2.05) is 198 Å². The van der Waals surface area contributed by atoms with Gasteiger partial charge >= 0.3 is 5.97 Å². The van der Waals surface area contributed by atoms with Crippen LogP contribution < -0.4 is 16.4 Å². The molecule has 1 unspecified atom stereocenters. The fourth-order valence-electron chi connectivity index (χ4n) is 12.9. The summed E-state index contributed by atoms with van der Waals surface area (Å²) in [6.07, 6.45) is 16.7. The monoisotopic (exact) mass is 1520 g/mol. The maximum atomic E-state index is 15.0. The molecule has 5 aromatic rings. The molecular weight excluding hydrogens is 1400 g/mol. The Kier molecular flexibility index (Phi) is 37.6. The van der Waals surface area contributed by atoms with E-state index in [-0.39, 0.29) is 101 Å². The second-order valence-electron chi connectivity index (χ2n) is 28.5. The van der Waals surface area contributed by atoms with Gasteiger partial charge in [-0.3, -0.25) is 33.6 Å². The minimum atomic E-state index is -0.810.